The van der Waals surface area contributed by atoms with E-state index in [-0.39, 0.29) is 59.8 Å². The Morgan fingerprint density at radius 3 is 1.06 bits per heavy atom. The molecule has 6 aromatic rings. The number of aliphatic hydroxyl groups is 9. The van der Waals surface area contributed by atoms with E-state index >= 15 is 0 Å². The van der Waals surface area contributed by atoms with Crippen molar-refractivity contribution in [3.63, 3.8) is 0 Å². The van der Waals surface area contributed by atoms with Crippen molar-refractivity contribution in [1.29, 1.82) is 0 Å². The average molecular weight is 1580 g/mol. The molecule has 7 fully saturated rings. The summed E-state index contributed by atoms with van der Waals surface area (Å²) >= 11 is 6.95. The second-order valence-corrected chi connectivity index (χ2v) is 33.6. The van der Waals surface area contributed by atoms with E-state index < -0.39 is 38.6 Å². The minimum atomic E-state index is -3.72. The van der Waals surface area contributed by atoms with Crippen molar-refractivity contribution < 1.29 is 82.6 Å². The van der Waals surface area contributed by atoms with Crippen LogP contribution in [0.15, 0.2) is 153 Å². The maximum absolute atomic E-state index is 12.0. The van der Waals surface area contributed by atoms with Crippen LogP contribution in [0.25, 0.3) is 0 Å². The van der Waals surface area contributed by atoms with Crippen LogP contribution in [0.4, 0.5) is 0 Å². The SMILES string of the molecule is CC1(O)CCC(O)C1.CC1(O)CCC(OCc2ccccc2)C1.Cc1cc(O)cc(C)c1Br.Cc1cc(OC2CCC(C)(O)C2)cc(C)c1Br.Cc1ccc(S(=O)(=O)OC2CCC(C)(O)C2)cc1.OC1CCC(O)C1.OC1CCC(OCc2ccccc2)C1.OC1CCC(OCc2ccccc2)C1. The molecule has 20 heteroatoms. The normalized spacial score (nSPS) is 28.9. The maximum atomic E-state index is 12.0. The van der Waals surface area contributed by atoms with Crippen molar-refractivity contribution >= 4 is 42.0 Å². The lowest BCUT2D eigenvalue weighted by atomic mass is 10.1. The van der Waals surface area contributed by atoms with Crippen molar-refractivity contribution in [2.45, 2.75) is 305 Å². The monoisotopic (exact) mass is 1580 g/mol. The van der Waals surface area contributed by atoms with Crippen LogP contribution in [-0.4, -0.2) is 143 Å². The van der Waals surface area contributed by atoms with E-state index in [0.717, 1.165) is 134 Å². The van der Waals surface area contributed by atoms with Crippen LogP contribution in [-0.2, 0) is 48.3 Å². The first-order valence-corrected chi connectivity index (χ1v) is 39.7. The van der Waals surface area contributed by atoms with Gasteiger partial charge in [0.1, 0.15) is 17.6 Å². The first-order chi connectivity index (χ1) is 48.5. The molecule has 14 unspecified atom stereocenters. The summed E-state index contributed by atoms with van der Waals surface area (Å²) in [5.41, 5.74) is 6.65. The first kappa shape index (κ1) is 87.2. The number of rotatable bonds is 14. The summed E-state index contributed by atoms with van der Waals surface area (Å²) < 4.78 is 54.5. The highest BCUT2D eigenvalue weighted by Gasteiger charge is 2.38. The molecule has 17 nitrogen and oxygen atoms in total. The lowest BCUT2D eigenvalue weighted by Gasteiger charge is -2.18. The third-order valence-electron chi connectivity index (χ3n) is 19.5. The van der Waals surface area contributed by atoms with Gasteiger partial charge in [-0.2, -0.15) is 8.42 Å². The van der Waals surface area contributed by atoms with Crippen LogP contribution < -0.4 is 4.74 Å². The number of aryl methyl sites for hydroxylation is 5. The minimum Gasteiger partial charge on any atom is -0.508 e. The van der Waals surface area contributed by atoms with Crippen LogP contribution in [0, 0.1) is 34.6 Å². The molecule has 6 aromatic carbocycles. The van der Waals surface area contributed by atoms with Gasteiger partial charge in [0.25, 0.3) is 10.1 Å². The number of benzene rings is 6. The fourth-order valence-electron chi connectivity index (χ4n) is 13.5. The standard InChI is InChI=1S/C14H19BrO2.C13H18O4S.C13H18O2.2C12H16O2.C8H9BrO.C6H12O2.C5H10O2/c1-9-6-12(7-10(2)13(9)15)17-11-4-5-14(3,16)8-11;1-10-3-5-12(6-4-10)18(15,16)17-11-7-8-13(2,14)9-11;1-13(14)8-7-12(9-13)15-10-11-5-3-2-4-6-11;2*13-11-6-7-12(8-11)14-9-10-4-2-1-3-5-10;1-5-3-7(10)4-6(2)8(5)9;1-6(8)3-2-5(7)4-6;6-4-1-2-5(7)3-4/h6-7,11,16H,4-5,8H2,1-3H3;3-6,11,14H,7-9H2,1-2H3;2-6,12,14H,7-10H2,1H3;2*1-5,11-13H,6-9H2;3-4,10H,1-2H3;5,7-8H,2-4H2,1H3;4-7H,1-3H2. The van der Waals surface area contributed by atoms with Crippen LogP contribution >= 0.6 is 31.9 Å². The minimum absolute atomic E-state index is 0.143. The second-order valence-electron chi connectivity index (χ2n) is 30.4. The van der Waals surface area contributed by atoms with Gasteiger partial charge in [0.15, 0.2) is 0 Å². The van der Waals surface area contributed by atoms with E-state index in [2.05, 4.69) is 82.1 Å². The zero-order chi connectivity index (χ0) is 75.5. The van der Waals surface area contributed by atoms with E-state index in [1.165, 1.54) is 39.9 Å². The number of halogens is 2. The van der Waals surface area contributed by atoms with Gasteiger partial charge in [-0.1, -0.05) is 141 Å². The molecular formula is C83H118Br2O17S. The first-order valence-electron chi connectivity index (χ1n) is 36.7. The molecule has 0 aromatic heterocycles. The van der Waals surface area contributed by atoms with Crippen molar-refractivity contribution in [3.8, 4) is 11.5 Å². The molecule has 0 saturated heterocycles. The Kier molecular flexibility index (Phi) is 35.7. The number of aromatic hydroxyl groups is 1. The van der Waals surface area contributed by atoms with Gasteiger partial charge in [-0.15, -0.1) is 0 Å². The molecule has 0 aliphatic heterocycles. The van der Waals surface area contributed by atoms with Crippen molar-refractivity contribution in [2.75, 3.05) is 0 Å². The van der Waals surface area contributed by atoms with Gasteiger partial charge < -0.3 is 70.0 Å². The molecule has 0 spiro atoms. The van der Waals surface area contributed by atoms with Gasteiger partial charge in [0, 0.05) is 34.6 Å². The van der Waals surface area contributed by atoms with Gasteiger partial charge in [-0.25, -0.2) is 0 Å². The Labute approximate surface area is 630 Å². The molecule has 7 saturated carbocycles. The lowest BCUT2D eigenvalue weighted by Crippen LogP contribution is -2.22. The van der Waals surface area contributed by atoms with Crippen LogP contribution in [0.2, 0.25) is 0 Å². The summed E-state index contributed by atoms with van der Waals surface area (Å²) in [7, 11) is -3.72. The van der Waals surface area contributed by atoms with Gasteiger partial charge in [0.2, 0.25) is 0 Å². The summed E-state index contributed by atoms with van der Waals surface area (Å²) in [4.78, 5) is 0.166. The third kappa shape index (κ3) is 33.6. The molecule has 14 atom stereocenters. The molecule has 7 aliphatic carbocycles. The molecule has 0 radical (unpaired) electrons. The topological polar surface area (TPSA) is 283 Å². The summed E-state index contributed by atoms with van der Waals surface area (Å²) in [6.45, 7) is 19.2. The summed E-state index contributed by atoms with van der Waals surface area (Å²) in [6, 6.07) is 44.6. The highest BCUT2D eigenvalue weighted by atomic mass is 79.9. The number of hydrogen-bond donors (Lipinski definition) is 10. The molecular weight excluding hydrogens is 1460 g/mol. The maximum Gasteiger partial charge on any atom is 0.297 e. The Balaban J connectivity index is 0.000000188. The summed E-state index contributed by atoms with van der Waals surface area (Å²) in [6.07, 6.45) is 15.6. The van der Waals surface area contributed by atoms with E-state index in [9.17, 15) is 39.1 Å². The van der Waals surface area contributed by atoms with E-state index in [1.54, 1.807) is 38.1 Å². The number of phenolic OH excluding ortho intramolecular Hbond substituents is 1. The predicted molar refractivity (Wildman–Crippen MR) is 411 cm³/mol. The smallest absolute Gasteiger partial charge is 0.297 e. The Bertz CT molecular complexity index is 3410. The van der Waals surface area contributed by atoms with Gasteiger partial charge >= 0.3 is 0 Å². The lowest BCUT2D eigenvalue weighted by molar-refractivity contribution is 0.0108. The number of ether oxygens (including phenoxy) is 4. The van der Waals surface area contributed by atoms with Crippen LogP contribution in [0.1, 0.15) is 207 Å². The van der Waals surface area contributed by atoms with Crippen LogP contribution in [0.3, 0.4) is 0 Å². The van der Waals surface area contributed by atoms with Crippen molar-refractivity contribution in [3.05, 3.63) is 193 Å². The van der Waals surface area contributed by atoms with Crippen molar-refractivity contribution in [2.24, 2.45) is 0 Å². The molecule has 10 N–H and O–H groups in total. The number of phenols is 1. The van der Waals surface area contributed by atoms with Gasteiger partial charge in [-0.3, -0.25) is 4.18 Å². The fourth-order valence-corrected chi connectivity index (χ4v) is 15.0. The Morgan fingerprint density at radius 2 is 0.738 bits per heavy atom. The average Bonchev–Trinajstić information content (AvgIpc) is 1.79. The second kappa shape index (κ2) is 42.2. The predicted octanol–water partition coefficient (Wildman–Crippen LogP) is 15.4. The third-order valence-corrected chi connectivity index (χ3v) is 23.4. The highest BCUT2D eigenvalue weighted by Crippen LogP contribution is 2.37. The zero-order valence-electron chi connectivity index (χ0n) is 62.0. The van der Waals surface area contributed by atoms with Crippen molar-refractivity contribution in [1.82, 2.24) is 0 Å². The fraction of sp³-hybridized carbons (Fsp3) is 0.566. The van der Waals surface area contributed by atoms with E-state index in [0.29, 0.717) is 57.7 Å². The molecule has 572 valence electrons. The van der Waals surface area contributed by atoms with Gasteiger partial charge in [0.05, 0.1) is 102 Å². The molecule has 0 amide bonds. The quantitative estimate of drug-likeness (QED) is 0.0454. The van der Waals surface area contributed by atoms with E-state index in [4.69, 9.17) is 43.6 Å². The molecule has 0 heterocycles. The summed E-state index contributed by atoms with van der Waals surface area (Å²) in [5, 5.41) is 92.8. The molecule has 13 rings (SSSR count). The number of hydrogen-bond acceptors (Lipinski definition) is 17. The molecule has 7 aliphatic rings. The van der Waals surface area contributed by atoms with Crippen LogP contribution in [0.5, 0.6) is 11.5 Å². The number of aliphatic hydroxyl groups excluding tert-OH is 5. The molecule has 0 bridgehead atoms. The van der Waals surface area contributed by atoms with E-state index in [1.807, 2.05) is 101 Å². The largest absolute Gasteiger partial charge is 0.508 e. The Hall–Kier alpha value is -4.69. The Morgan fingerprint density at radius 1 is 0.398 bits per heavy atom. The summed E-state index contributed by atoms with van der Waals surface area (Å²) in [5.74, 6) is 1.24. The molecule has 103 heavy (non-hydrogen) atoms. The van der Waals surface area contributed by atoms with Gasteiger partial charge in [-0.05, 0) is 247 Å². The zero-order valence-corrected chi connectivity index (χ0v) is 66.0. The highest BCUT2D eigenvalue weighted by molar-refractivity contribution is 9.11.